The Morgan fingerprint density at radius 2 is 1.73 bits per heavy atom. The molecule has 1 N–H and O–H groups in total. The highest BCUT2D eigenvalue weighted by Gasteiger charge is 2.25. The maximum atomic E-state index is 12.4. The van der Waals surface area contributed by atoms with Gasteiger partial charge in [-0.1, -0.05) is 42.5 Å². The van der Waals surface area contributed by atoms with Crippen molar-refractivity contribution < 1.29 is 10.0 Å². The number of benzene rings is 1. The van der Waals surface area contributed by atoms with Gasteiger partial charge in [-0.15, -0.1) is 0 Å². The van der Waals surface area contributed by atoms with Crippen molar-refractivity contribution in [3.63, 3.8) is 0 Å². The molecule has 22 heavy (non-hydrogen) atoms. The number of ketones is 1. The molecule has 0 saturated heterocycles. The molecule has 0 bridgehead atoms. The van der Waals surface area contributed by atoms with Gasteiger partial charge in [-0.05, 0) is 47.1 Å². The summed E-state index contributed by atoms with van der Waals surface area (Å²) in [5, 5.41) is 11.6. The van der Waals surface area contributed by atoms with Crippen LogP contribution >= 0.6 is 0 Å². The van der Waals surface area contributed by atoms with Gasteiger partial charge in [0.2, 0.25) is 0 Å². The van der Waals surface area contributed by atoms with Crippen molar-refractivity contribution in [1.29, 1.82) is 0 Å². The molecule has 0 aromatic heterocycles. The predicted octanol–water partition coefficient (Wildman–Crippen LogP) is 4.94. The van der Waals surface area contributed by atoms with Crippen LogP contribution in [0.4, 0.5) is 0 Å². The van der Waals surface area contributed by atoms with E-state index in [9.17, 15) is 10.0 Å². The van der Waals surface area contributed by atoms with Gasteiger partial charge in [-0.2, -0.15) is 5.06 Å². The van der Waals surface area contributed by atoms with Crippen molar-refractivity contribution in [3.05, 3.63) is 59.2 Å². The van der Waals surface area contributed by atoms with Crippen molar-refractivity contribution in [2.45, 2.75) is 53.1 Å². The van der Waals surface area contributed by atoms with Crippen LogP contribution in [0.2, 0.25) is 0 Å². The molecular formula is C19H27NO2. The second-order valence-electron chi connectivity index (χ2n) is 6.39. The van der Waals surface area contributed by atoms with Gasteiger partial charge in [0.05, 0.1) is 6.04 Å². The molecular weight excluding hydrogens is 274 g/mol. The molecule has 1 rings (SSSR count). The van der Waals surface area contributed by atoms with E-state index in [-0.39, 0.29) is 17.4 Å². The average Bonchev–Trinajstić information content (AvgIpc) is 2.49. The maximum Gasteiger partial charge on any atom is 0.192 e. The SMILES string of the molecule is C/C=C\C(=C/C)C(=O)c1ccc(C(C)N(O)C(C)(C)C)cc1. The smallest absolute Gasteiger partial charge is 0.192 e. The Balaban J connectivity index is 2.98. The third-order valence-electron chi connectivity index (χ3n) is 3.63. The number of allylic oxidation sites excluding steroid dienone is 4. The fourth-order valence-electron chi connectivity index (χ4n) is 2.28. The lowest BCUT2D eigenvalue weighted by Crippen LogP contribution is -2.40. The summed E-state index contributed by atoms with van der Waals surface area (Å²) in [5.74, 6) is 0.0106. The Labute approximate surface area is 133 Å². The van der Waals surface area contributed by atoms with Crippen LogP contribution in [0.25, 0.3) is 0 Å². The topological polar surface area (TPSA) is 40.5 Å². The lowest BCUT2D eigenvalue weighted by Gasteiger charge is -2.34. The Hall–Kier alpha value is -1.71. The zero-order valence-corrected chi connectivity index (χ0v) is 14.4. The summed E-state index contributed by atoms with van der Waals surface area (Å²) in [5.41, 5.74) is 1.98. The van der Waals surface area contributed by atoms with Crippen LogP contribution in [0.15, 0.2) is 48.1 Å². The summed E-state index contributed by atoms with van der Waals surface area (Å²) < 4.78 is 0. The molecule has 1 aromatic carbocycles. The molecule has 0 radical (unpaired) electrons. The van der Waals surface area contributed by atoms with E-state index in [1.165, 1.54) is 5.06 Å². The number of hydrogen-bond acceptors (Lipinski definition) is 3. The Kier molecular flexibility index (Phi) is 6.27. The number of Topliss-reactive ketones (excluding diaryl/α,β-unsaturated/α-hetero) is 1. The van der Waals surface area contributed by atoms with E-state index in [4.69, 9.17) is 0 Å². The summed E-state index contributed by atoms with van der Waals surface area (Å²) in [4.78, 5) is 12.4. The monoisotopic (exact) mass is 301 g/mol. The van der Waals surface area contributed by atoms with E-state index in [1.54, 1.807) is 0 Å². The van der Waals surface area contributed by atoms with Crippen LogP contribution in [0.3, 0.4) is 0 Å². The first-order valence-corrected chi connectivity index (χ1v) is 7.64. The fraction of sp³-hybridized carbons (Fsp3) is 0.421. The van der Waals surface area contributed by atoms with Crippen molar-refractivity contribution in [2.24, 2.45) is 0 Å². The summed E-state index contributed by atoms with van der Waals surface area (Å²) in [6.07, 6.45) is 5.48. The van der Waals surface area contributed by atoms with E-state index >= 15 is 0 Å². The lowest BCUT2D eigenvalue weighted by molar-refractivity contribution is -0.184. The first kappa shape index (κ1) is 18.3. The highest BCUT2D eigenvalue weighted by Crippen LogP contribution is 2.26. The quantitative estimate of drug-likeness (QED) is 0.362. The summed E-state index contributed by atoms with van der Waals surface area (Å²) in [7, 11) is 0. The minimum Gasteiger partial charge on any atom is -0.313 e. The molecule has 0 aliphatic rings. The van der Waals surface area contributed by atoms with Crippen LogP contribution in [0, 0.1) is 0 Å². The molecule has 0 spiro atoms. The van der Waals surface area contributed by atoms with E-state index in [0.29, 0.717) is 11.1 Å². The van der Waals surface area contributed by atoms with E-state index in [0.717, 1.165) is 5.56 Å². The summed E-state index contributed by atoms with van der Waals surface area (Å²) in [6.45, 7) is 11.6. The van der Waals surface area contributed by atoms with Crippen LogP contribution in [0.5, 0.6) is 0 Å². The van der Waals surface area contributed by atoms with Crippen molar-refractivity contribution in [1.82, 2.24) is 5.06 Å². The first-order valence-electron chi connectivity index (χ1n) is 7.64. The second-order valence-corrected chi connectivity index (χ2v) is 6.39. The van der Waals surface area contributed by atoms with Crippen LogP contribution in [-0.2, 0) is 0 Å². The van der Waals surface area contributed by atoms with Crippen molar-refractivity contribution >= 4 is 5.78 Å². The van der Waals surface area contributed by atoms with Gasteiger partial charge < -0.3 is 5.21 Å². The largest absolute Gasteiger partial charge is 0.313 e. The van der Waals surface area contributed by atoms with Crippen LogP contribution < -0.4 is 0 Å². The minimum atomic E-state index is -0.335. The third-order valence-corrected chi connectivity index (χ3v) is 3.63. The van der Waals surface area contributed by atoms with E-state index in [1.807, 2.05) is 84.0 Å². The second kappa shape index (κ2) is 7.52. The zero-order chi connectivity index (χ0) is 16.9. The molecule has 1 unspecified atom stereocenters. The number of nitrogens with zero attached hydrogens (tertiary/aromatic N) is 1. The molecule has 3 nitrogen and oxygen atoms in total. The normalized spacial score (nSPS) is 14.6. The number of rotatable bonds is 5. The Morgan fingerprint density at radius 1 is 1.18 bits per heavy atom. The van der Waals surface area contributed by atoms with Crippen molar-refractivity contribution in [3.8, 4) is 0 Å². The minimum absolute atomic E-state index is 0.0106. The van der Waals surface area contributed by atoms with E-state index < -0.39 is 0 Å². The summed E-state index contributed by atoms with van der Waals surface area (Å²) >= 11 is 0. The molecule has 0 saturated carbocycles. The third kappa shape index (κ3) is 4.39. The van der Waals surface area contributed by atoms with Gasteiger partial charge in [0.15, 0.2) is 5.78 Å². The van der Waals surface area contributed by atoms with Crippen molar-refractivity contribution in [2.75, 3.05) is 0 Å². The maximum absolute atomic E-state index is 12.4. The molecule has 0 fully saturated rings. The van der Waals surface area contributed by atoms with Gasteiger partial charge in [-0.25, -0.2) is 0 Å². The molecule has 120 valence electrons. The predicted molar refractivity (Wildman–Crippen MR) is 91.1 cm³/mol. The summed E-state index contributed by atoms with van der Waals surface area (Å²) in [6, 6.07) is 7.29. The van der Waals surface area contributed by atoms with Gasteiger partial charge in [0, 0.05) is 16.7 Å². The molecule has 0 heterocycles. The molecule has 1 aromatic rings. The molecule has 1 atom stereocenters. The molecule has 0 aliphatic carbocycles. The standard InChI is InChI=1S/C19H27NO2/c1-7-9-15(8-2)18(21)17-12-10-16(11-13-17)14(3)20(22)19(4,5)6/h7-14,22H,1-6H3/b9-7-,15-8+. The average molecular weight is 301 g/mol. The molecule has 0 aliphatic heterocycles. The number of hydroxylamine groups is 2. The number of hydrogen-bond donors (Lipinski definition) is 1. The highest BCUT2D eigenvalue weighted by molar-refractivity contribution is 6.10. The zero-order valence-electron chi connectivity index (χ0n) is 14.4. The van der Waals surface area contributed by atoms with Crippen LogP contribution in [0.1, 0.15) is 63.5 Å². The first-order chi connectivity index (χ1) is 10.2. The number of carbonyl (C=O) groups excluding carboxylic acids is 1. The Bertz CT molecular complexity index is 562. The van der Waals surface area contributed by atoms with Gasteiger partial charge in [-0.3, -0.25) is 4.79 Å². The molecule has 3 heteroatoms. The lowest BCUT2D eigenvalue weighted by atomic mass is 9.98. The van der Waals surface area contributed by atoms with Crippen LogP contribution in [-0.4, -0.2) is 21.6 Å². The molecule has 0 amide bonds. The van der Waals surface area contributed by atoms with Gasteiger partial charge in [0.1, 0.15) is 0 Å². The highest BCUT2D eigenvalue weighted by atomic mass is 16.5. The Morgan fingerprint density at radius 3 is 2.14 bits per heavy atom. The number of carbonyl (C=O) groups is 1. The van der Waals surface area contributed by atoms with Gasteiger partial charge >= 0.3 is 0 Å². The van der Waals surface area contributed by atoms with Gasteiger partial charge in [0.25, 0.3) is 0 Å². The van der Waals surface area contributed by atoms with E-state index in [2.05, 4.69) is 0 Å². The fourth-order valence-corrected chi connectivity index (χ4v) is 2.28.